The first-order valence-electron chi connectivity index (χ1n) is 3.44. The summed E-state index contributed by atoms with van der Waals surface area (Å²) < 4.78 is 12.4. The van der Waals surface area contributed by atoms with Crippen LogP contribution in [0.25, 0.3) is 0 Å². The Balaban J connectivity index is 2.78. The Hall–Kier alpha value is -1.86. The molecule has 3 nitrogen and oxygen atoms in total. The molecule has 0 bridgehead atoms. The number of nitrogens with one attached hydrogen (secondary N) is 1. The van der Waals surface area contributed by atoms with Crippen molar-refractivity contribution in [2.24, 2.45) is 0 Å². The van der Waals surface area contributed by atoms with Crippen LogP contribution in [0.1, 0.15) is 5.56 Å². The minimum Gasteiger partial charge on any atom is -0.288 e. The second-order valence-corrected chi connectivity index (χ2v) is 2.20. The predicted molar refractivity (Wildman–Crippen MR) is 43.2 cm³/mol. The van der Waals surface area contributed by atoms with Gasteiger partial charge >= 0.3 is 5.91 Å². The summed E-state index contributed by atoms with van der Waals surface area (Å²) in [4.78, 5) is 10.4. The monoisotopic (exact) mass is 179 g/mol. The van der Waals surface area contributed by atoms with Crippen molar-refractivity contribution >= 4 is 5.91 Å². The van der Waals surface area contributed by atoms with E-state index in [1.54, 1.807) is 0 Å². The van der Waals surface area contributed by atoms with E-state index in [2.05, 4.69) is 11.8 Å². The van der Waals surface area contributed by atoms with Crippen molar-refractivity contribution < 1.29 is 14.4 Å². The Morgan fingerprint density at radius 2 is 2.00 bits per heavy atom. The van der Waals surface area contributed by atoms with Crippen LogP contribution in [0.5, 0.6) is 0 Å². The maximum Gasteiger partial charge on any atom is 0.319 e. The molecule has 0 aliphatic heterocycles. The van der Waals surface area contributed by atoms with Gasteiger partial charge in [-0.15, -0.1) is 0 Å². The molecule has 66 valence electrons. The van der Waals surface area contributed by atoms with Gasteiger partial charge in [0.15, 0.2) is 0 Å². The molecule has 0 spiro atoms. The maximum absolute atomic E-state index is 12.4. The standard InChI is InChI=1S/C9H6FNO2/c10-8-4-1-7(2-5-8)3-6-9(12)11-13/h1-2,4-5,13H,(H,11,12). The highest BCUT2D eigenvalue weighted by Gasteiger charge is 1.90. The summed E-state index contributed by atoms with van der Waals surface area (Å²) in [6.45, 7) is 0. The molecule has 0 aliphatic carbocycles. The number of hydrogen-bond acceptors (Lipinski definition) is 2. The molecule has 2 N–H and O–H groups in total. The SMILES string of the molecule is O=C(C#Cc1ccc(F)cc1)NO. The van der Waals surface area contributed by atoms with Crippen molar-refractivity contribution in [2.45, 2.75) is 0 Å². The molecule has 0 atom stereocenters. The van der Waals surface area contributed by atoms with Crippen LogP contribution in [0.4, 0.5) is 4.39 Å². The molecule has 1 rings (SSSR count). The van der Waals surface area contributed by atoms with E-state index in [1.807, 2.05) is 0 Å². The Labute approximate surface area is 74.2 Å². The van der Waals surface area contributed by atoms with Crippen LogP contribution in [0.2, 0.25) is 0 Å². The number of hydroxylamine groups is 1. The minimum atomic E-state index is -0.802. The highest BCUT2D eigenvalue weighted by molar-refractivity contribution is 5.93. The number of benzene rings is 1. The quantitative estimate of drug-likeness (QED) is 0.349. The number of rotatable bonds is 0. The zero-order valence-corrected chi connectivity index (χ0v) is 6.54. The molecule has 0 unspecified atom stereocenters. The molecule has 1 amide bonds. The van der Waals surface area contributed by atoms with E-state index in [1.165, 1.54) is 29.7 Å². The Morgan fingerprint density at radius 3 is 2.54 bits per heavy atom. The smallest absolute Gasteiger partial charge is 0.288 e. The normalized spacial score (nSPS) is 8.46. The van der Waals surface area contributed by atoms with E-state index >= 15 is 0 Å². The first-order chi connectivity index (χ1) is 6.22. The van der Waals surface area contributed by atoms with Crippen molar-refractivity contribution in [3.05, 3.63) is 35.6 Å². The van der Waals surface area contributed by atoms with Crippen LogP contribution in [-0.4, -0.2) is 11.1 Å². The summed E-state index contributed by atoms with van der Waals surface area (Å²) in [6.07, 6.45) is 0. The molecular formula is C9H6FNO2. The zero-order chi connectivity index (χ0) is 9.68. The second-order valence-electron chi connectivity index (χ2n) is 2.20. The zero-order valence-electron chi connectivity index (χ0n) is 6.54. The number of hydrogen-bond donors (Lipinski definition) is 2. The van der Waals surface area contributed by atoms with Gasteiger partial charge in [-0.1, -0.05) is 5.92 Å². The third kappa shape index (κ3) is 2.93. The van der Waals surface area contributed by atoms with E-state index in [0.717, 1.165) is 0 Å². The lowest BCUT2D eigenvalue weighted by Crippen LogP contribution is -2.15. The van der Waals surface area contributed by atoms with Gasteiger partial charge in [-0.05, 0) is 24.3 Å². The van der Waals surface area contributed by atoms with E-state index < -0.39 is 5.91 Å². The number of halogens is 1. The first-order valence-corrected chi connectivity index (χ1v) is 3.44. The molecule has 1 aromatic rings. The Bertz CT molecular complexity index is 361. The van der Waals surface area contributed by atoms with Gasteiger partial charge in [0.25, 0.3) is 0 Å². The average Bonchev–Trinajstić information content (AvgIpc) is 2.16. The molecule has 0 saturated heterocycles. The van der Waals surface area contributed by atoms with Crippen molar-refractivity contribution in [3.8, 4) is 11.8 Å². The molecule has 0 fully saturated rings. The lowest BCUT2D eigenvalue weighted by molar-refractivity contribution is -0.123. The van der Waals surface area contributed by atoms with Gasteiger partial charge in [0.1, 0.15) is 5.82 Å². The lowest BCUT2D eigenvalue weighted by Gasteiger charge is -1.88. The molecule has 13 heavy (non-hydrogen) atoms. The van der Waals surface area contributed by atoms with Gasteiger partial charge in [0, 0.05) is 11.5 Å². The van der Waals surface area contributed by atoms with Crippen LogP contribution in [0.15, 0.2) is 24.3 Å². The van der Waals surface area contributed by atoms with Crippen LogP contribution in [0, 0.1) is 17.7 Å². The minimum absolute atomic E-state index is 0.364. The fourth-order valence-electron chi connectivity index (χ4n) is 0.690. The van der Waals surface area contributed by atoms with Gasteiger partial charge in [-0.25, -0.2) is 9.87 Å². The van der Waals surface area contributed by atoms with E-state index in [0.29, 0.717) is 5.56 Å². The highest BCUT2D eigenvalue weighted by Crippen LogP contribution is 2.00. The molecule has 0 radical (unpaired) electrons. The van der Waals surface area contributed by atoms with Crippen molar-refractivity contribution in [3.63, 3.8) is 0 Å². The largest absolute Gasteiger partial charge is 0.319 e. The third-order valence-corrected chi connectivity index (χ3v) is 1.27. The van der Waals surface area contributed by atoms with E-state index in [9.17, 15) is 9.18 Å². The van der Waals surface area contributed by atoms with Gasteiger partial charge in [0.2, 0.25) is 0 Å². The van der Waals surface area contributed by atoms with Crippen molar-refractivity contribution in [1.82, 2.24) is 5.48 Å². The summed E-state index contributed by atoms with van der Waals surface area (Å²) in [5, 5.41) is 8.09. The molecule has 4 heteroatoms. The number of carbonyl (C=O) groups is 1. The molecule has 0 aliphatic rings. The molecule has 0 heterocycles. The summed E-state index contributed by atoms with van der Waals surface area (Å²) in [5.41, 5.74) is 1.86. The fraction of sp³-hybridized carbons (Fsp3) is 0. The van der Waals surface area contributed by atoms with Gasteiger partial charge in [0.05, 0.1) is 0 Å². The second kappa shape index (κ2) is 4.24. The molecule has 0 saturated carbocycles. The lowest BCUT2D eigenvalue weighted by atomic mass is 10.2. The van der Waals surface area contributed by atoms with Gasteiger partial charge in [-0.2, -0.15) is 0 Å². The van der Waals surface area contributed by atoms with Crippen LogP contribution in [-0.2, 0) is 4.79 Å². The van der Waals surface area contributed by atoms with Gasteiger partial charge < -0.3 is 0 Å². The molecule has 0 aromatic heterocycles. The van der Waals surface area contributed by atoms with E-state index in [-0.39, 0.29) is 5.82 Å². The Morgan fingerprint density at radius 1 is 1.38 bits per heavy atom. The van der Waals surface area contributed by atoms with Gasteiger partial charge in [-0.3, -0.25) is 10.0 Å². The molecule has 1 aromatic carbocycles. The first kappa shape index (κ1) is 9.23. The fourth-order valence-corrected chi connectivity index (χ4v) is 0.690. The van der Waals surface area contributed by atoms with Crippen molar-refractivity contribution in [1.29, 1.82) is 0 Å². The third-order valence-electron chi connectivity index (χ3n) is 1.27. The Kier molecular flexibility index (Phi) is 3.01. The van der Waals surface area contributed by atoms with Crippen LogP contribution < -0.4 is 5.48 Å². The van der Waals surface area contributed by atoms with Crippen LogP contribution in [0.3, 0.4) is 0 Å². The summed E-state index contributed by atoms with van der Waals surface area (Å²) >= 11 is 0. The number of amides is 1. The number of carbonyl (C=O) groups excluding carboxylic acids is 1. The topological polar surface area (TPSA) is 49.3 Å². The highest BCUT2D eigenvalue weighted by atomic mass is 19.1. The van der Waals surface area contributed by atoms with Crippen LogP contribution >= 0.6 is 0 Å². The average molecular weight is 179 g/mol. The predicted octanol–water partition coefficient (Wildman–Crippen LogP) is 0.683. The summed E-state index contributed by atoms with van der Waals surface area (Å²) in [7, 11) is 0. The summed E-state index contributed by atoms with van der Waals surface area (Å²) in [6, 6.07) is 5.35. The van der Waals surface area contributed by atoms with Crippen molar-refractivity contribution in [2.75, 3.05) is 0 Å². The maximum atomic E-state index is 12.4. The summed E-state index contributed by atoms with van der Waals surface area (Å²) in [5.74, 6) is 3.36. The molecular weight excluding hydrogens is 173 g/mol. The van der Waals surface area contributed by atoms with E-state index in [4.69, 9.17) is 5.21 Å².